The highest BCUT2D eigenvalue weighted by molar-refractivity contribution is 5.88. The fourth-order valence-electron chi connectivity index (χ4n) is 9.45. The Labute approximate surface area is 205 Å². The van der Waals surface area contributed by atoms with Gasteiger partial charge < -0.3 is 9.47 Å². The summed E-state index contributed by atoms with van der Waals surface area (Å²) in [7, 11) is 0. The van der Waals surface area contributed by atoms with E-state index in [2.05, 4.69) is 47.6 Å². The van der Waals surface area contributed by atoms with Gasteiger partial charge in [0.2, 0.25) is 0 Å². The van der Waals surface area contributed by atoms with Crippen LogP contribution in [0, 0.1) is 34.0 Å². The van der Waals surface area contributed by atoms with Crippen molar-refractivity contribution >= 4 is 11.9 Å². The monoisotopic (exact) mass is 468 g/mol. The van der Waals surface area contributed by atoms with E-state index in [9.17, 15) is 9.59 Å². The maximum Gasteiger partial charge on any atom is 0.333 e. The highest BCUT2D eigenvalue weighted by Crippen LogP contribution is 2.71. The second kappa shape index (κ2) is 7.71. The number of hydrogen-bond acceptors (Lipinski definition) is 4. The normalized spacial score (nSPS) is 44.7. The summed E-state index contributed by atoms with van der Waals surface area (Å²) in [5.41, 5.74) is 4.13. The highest BCUT2D eigenvalue weighted by Gasteiger charge is 2.63. The van der Waals surface area contributed by atoms with E-state index in [1.807, 2.05) is 6.92 Å². The summed E-state index contributed by atoms with van der Waals surface area (Å²) >= 11 is 0. The van der Waals surface area contributed by atoms with Gasteiger partial charge in [-0.25, -0.2) is 4.79 Å². The number of allylic oxidation sites excluding steroid dienone is 2. The Morgan fingerprint density at radius 1 is 0.941 bits per heavy atom. The lowest BCUT2D eigenvalue weighted by Gasteiger charge is -2.58. The Balaban J connectivity index is 1.49. The molecule has 1 saturated heterocycles. The van der Waals surface area contributed by atoms with Crippen LogP contribution in [0.5, 0.6) is 0 Å². The van der Waals surface area contributed by atoms with Crippen LogP contribution in [0.2, 0.25) is 0 Å². The van der Waals surface area contributed by atoms with Crippen LogP contribution in [0.4, 0.5) is 0 Å². The van der Waals surface area contributed by atoms with Gasteiger partial charge >= 0.3 is 11.9 Å². The van der Waals surface area contributed by atoms with Crippen molar-refractivity contribution in [3.63, 3.8) is 0 Å². The molecule has 7 atom stereocenters. The van der Waals surface area contributed by atoms with E-state index in [0.29, 0.717) is 24.2 Å². The summed E-state index contributed by atoms with van der Waals surface area (Å²) in [6, 6.07) is 0. The third-order valence-corrected chi connectivity index (χ3v) is 11.6. The van der Waals surface area contributed by atoms with Crippen molar-refractivity contribution in [2.75, 3.05) is 0 Å². The fourth-order valence-corrected chi connectivity index (χ4v) is 9.45. The van der Waals surface area contributed by atoms with Crippen LogP contribution in [0.25, 0.3) is 0 Å². The van der Waals surface area contributed by atoms with Crippen LogP contribution in [0.3, 0.4) is 0 Å². The molecule has 0 bridgehead atoms. The first-order valence-corrected chi connectivity index (χ1v) is 13.7. The Hall–Kier alpha value is -1.58. The number of carbonyl (C=O) groups is 2. The molecule has 0 N–H and O–H groups in total. The van der Waals surface area contributed by atoms with Gasteiger partial charge in [0, 0.05) is 24.3 Å². The summed E-state index contributed by atoms with van der Waals surface area (Å²) in [6.07, 6.45) is 11.3. The topological polar surface area (TPSA) is 52.6 Å². The summed E-state index contributed by atoms with van der Waals surface area (Å²) in [5, 5.41) is 0. The van der Waals surface area contributed by atoms with Crippen molar-refractivity contribution in [2.24, 2.45) is 34.0 Å². The molecule has 2 heterocycles. The number of rotatable bonds is 2. The zero-order chi connectivity index (χ0) is 24.7. The quantitative estimate of drug-likeness (QED) is 0.326. The first-order chi connectivity index (χ1) is 15.8. The van der Waals surface area contributed by atoms with Crippen molar-refractivity contribution < 1.29 is 19.1 Å². The van der Waals surface area contributed by atoms with E-state index < -0.39 is 5.60 Å². The number of carbonyl (C=O) groups excluding carboxylic acids is 2. The van der Waals surface area contributed by atoms with E-state index in [4.69, 9.17) is 9.47 Å². The molecule has 5 aliphatic rings. The van der Waals surface area contributed by atoms with Gasteiger partial charge in [0.15, 0.2) is 0 Å². The maximum atomic E-state index is 12.5. The first kappa shape index (κ1) is 24.1. The SMILES string of the molecule is CC1=CCC(C(C)C2CCC3(C)C4=C(CCC23C)C2(C)CCC(=O)OC(C)(C)C2CC4)OC1=O. The van der Waals surface area contributed by atoms with Crippen LogP contribution in [-0.4, -0.2) is 23.6 Å². The summed E-state index contributed by atoms with van der Waals surface area (Å²) < 4.78 is 11.9. The van der Waals surface area contributed by atoms with Crippen LogP contribution in [0.15, 0.2) is 22.8 Å². The molecule has 4 nitrogen and oxygen atoms in total. The molecule has 0 aromatic heterocycles. The van der Waals surface area contributed by atoms with Gasteiger partial charge in [0.1, 0.15) is 11.7 Å². The minimum Gasteiger partial charge on any atom is -0.459 e. The van der Waals surface area contributed by atoms with Gasteiger partial charge in [-0.2, -0.15) is 0 Å². The number of ether oxygens (including phenoxy) is 2. The van der Waals surface area contributed by atoms with Crippen molar-refractivity contribution in [3.8, 4) is 0 Å². The molecule has 188 valence electrons. The second-order valence-electron chi connectivity index (χ2n) is 13.4. The minimum absolute atomic E-state index is 0.00479. The average Bonchev–Trinajstić information content (AvgIpc) is 3.00. The Morgan fingerprint density at radius 3 is 2.38 bits per heavy atom. The van der Waals surface area contributed by atoms with E-state index in [1.165, 1.54) is 19.3 Å². The van der Waals surface area contributed by atoms with E-state index in [-0.39, 0.29) is 34.3 Å². The second-order valence-corrected chi connectivity index (χ2v) is 13.4. The van der Waals surface area contributed by atoms with Crippen molar-refractivity contribution in [1.29, 1.82) is 0 Å². The van der Waals surface area contributed by atoms with Crippen molar-refractivity contribution in [1.82, 2.24) is 0 Å². The molecule has 2 fully saturated rings. The molecule has 34 heavy (non-hydrogen) atoms. The van der Waals surface area contributed by atoms with Crippen LogP contribution in [0.1, 0.15) is 106 Å². The number of fused-ring (bicyclic) bond motifs is 4. The molecule has 0 radical (unpaired) electrons. The summed E-state index contributed by atoms with van der Waals surface area (Å²) in [6.45, 7) is 16.0. The highest BCUT2D eigenvalue weighted by atomic mass is 16.6. The number of hydrogen-bond donors (Lipinski definition) is 0. The molecule has 0 amide bonds. The predicted molar refractivity (Wildman–Crippen MR) is 133 cm³/mol. The Kier molecular flexibility index (Phi) is 5.47. The molecule has 1 saturated carbocycles. The standard InChI is InChI=1S/C30H44O4/c1-18-8-10-23(33-26(18)32)19(2)20-12-16-30(7)22-9-11-24-27(3,4)34-25(31)14-15-28(24,5)21(22)13-17-29(20,30)6/h8,19-20,23-24H,9-17H2,1-7H3. The van der Waals surface area contributed by atoms with Crippen LogP contribution in [-0.2, 0) is 19.1 Å². The molecule has 5 rings (SSSR count). The average molecular weight is 469 g/mol. The van der Waals surface area contributed by atoms with Gasteiger partial charge in [-0.1, -0.05) is 44.9 Å². The molecule has 0 aromatic rings. The lowest BCUT2D eigenvalue weighted by Crippen LogP contribution is -2.52. The van der Waals surface area contributed by atoms with Gasteiger partial charge in [0.25, 0.3) is 0 Å². The third kappa shape index (κ3) is 3.22. The van der Waals surface area contributed by atoms with Gasteiger partial charge in [-0.3, -0.25) is 4.79 Å². The van der Waals surface area contributed by atoms with E-state index in [1.54, 1.807) is 11.1 Å². The molecule has 4 heteroatoms. The molecular formula is C30H44O4. The molecule has 0 aromatic carbocycles. The van der Waals surface area contributed by atoms with E-state index >= 15 is 0 Å². The zero-order valence-corrected chi connectivity index (χ0v) is 22.4. The minimum atomic E-state index is -0.411. The summed E-state index contributed by atoms with van der Waals surface area (Å²) in [4.78, 5) is 24.8. The van der Waals surface area contributed by atoms with Crippen LogP contribution >= 0.6 is 0 Å². The van der Waals surface area contributed by atoms with E-state index in [0.717, 1.165) is 37.7 Å². The van der Waals surface area contributed by atoms with Crippen molar-refractivity contribution in [2.45, 2.75) is 118 Å². The zero-order valence-electron chi connectivity index (χ0n) is 22.4. The lowest BCUT2D eigenvalue weighted by atomic mass is 9.46. The van der Waals surface area contributed by atoms with Gasteiger partial charge in [-0.15, -0.1) is 0 Å². The Morgan fingerprint density at radius 2 is 1.68 bits per heavy atom. The number of cyclic esters (lactones) is 2. The molecule has 0 spiro atoms. The molecule has 3 aliphatic carbocycles. The van der Waals surface area contributed by atoms with Gasteiger partial charge in [0.05, 0.1) is 0 Å². The van der Waals surface area contributed by atoms with Crippen LogP contribution < -0.4 is 0 Å². The maximum absolute atomic E-state index is 12.5. The first-order valence-electron chi connectivity index (χ1n) is 13.7. The van der Waals surface area contributed by atoms with Gasteiger partial charge in [-0.05, 0) is 93.8 Å². The fraction of sp³-hybridized carbons (Fsp3) is 0.800. The largest absolute Gasteiger partial charge is 0.459 e. The Bertz CT molecular complexity index is 972. The number of esters is 2. The molecular weight excluding hydrogens is 424 g/mol. The van der Waals surface area contributed by atoms with Crippen molar-refractivity contribution in [3.05, 3.63) is 22.8 Å². The molecule has 7 unspecified atom stereocenters. The summed E-state index contributed by atoms with van der Waals surface area (Å²) in [5.74, 6) is 1.12. The predicted octanol–water partition coefficient (Wildman–Crippen LogP) is 6.93. The molecule has 2 aliphatic heterocycles. The lowest BCUT2D eigenvalue weighted by molar-refractivity contribution is -0.161. The smallest absolute Gasteiger partial charge is 0.333 e. The third-order valence-electron chi connectivity index (χ3n) is 11.6.